The van der Waals surface area contributed by atoms with Gasteiger partial charge in [-0.05, 0) is 49.2 Å². The standard InChI is InChI=1S/C19H21N5O/c1-24-12-16-9-13(4-6-17(16)23-24)14-5-7-18(21-11-14)22-19(25)15-3-2-8-20-10-15/h4-7,9,11-12,15,20H,2-3,8,10H2,1H3,(H,21,22,25). The molecule has 1 fully saturated rings. The molecule has 2 aromatic heterocycles. The first-order valence-electron chi connectivity index (χ1n) is 8.60. The molecule has 0 saturated carbocycles. The molecule has 1 saturated heterocycles. The molecule has 3 aromatic rings. The molecule has 0 radical (unpaired) electrons. The number of piperidine rings is 1. The molecule has 25 heavy (non-hydrogen) atoms. The minimum Gasteiger partial charge on any atom is -0.316 e. The highest BCUT2D eigenvalue weighted by atomic mass is 16.2. The molecule has 1 unspecified atom stereocenters. The van der Waals surface area contributed by atoms with E-state index in [2.05, 4.69) is 26.8 Å². The molecule has 0 bridgehead atoms. The Hall–Kier alpha value is -2.73. The largest absolute Gasteiger partial charge is 0.316 e. The summed E-state index contributed by atoms with van der Waals surface area (Å²) in [5, 5.41) is 11.7. The van der Waals surface area contributed by atoms with Crippen LogP contribution in [0, 0.1) is 5.92 Å². The van der Waals surface area contributed by atoms with Crippen LogP contribution >= 0.6 is 0 Å². The highest BCUT2D eigenvalue weighted by molar-refractivity contribution is 5.92. The Morgan fingerprint density at radius 1 is 1.28 bits per heavy atom. The van der Waals surface area contributed by atoms with Crippen LogP contribution in [0.15, 0.2) is 42.7 Å². The average Bonchev–Trinajstić information content (AvgIpc) is 3.02. The van der Waals surface area contributed by atoms with Crippen LogP contribution in [-0.4, -0.2) is 33.8 Å². The molecule has 4 rings (SSSR count). The first-order chi connectivity index (χ1) is 12.2. The smallest absolute Gasteiger partial charge is 0.229 e. The summed E-state index contributed by atoms with van der Waals surface area (Å²) in [6, 6.07) is 10.00. The topological polar surface area (TPSA) is 71.8 Å². The lowest BCUT2D eigenvalue weighted by Gasteiger charge is -2.21. The highest BCUT2D eigenvalue weighted by Gasteiger charge is 2.21. The first kappa shape index (κ1) is 15.8. The fourth-order valence-electron chi connectivity index (χ4n) is 3.27. The van der Waals surface area contributed by atoms with E-state index >= 15 is 0 Å². The Kier molecular flexibility index (Phi) is 4.19. The van der Waals surface area contributed by atoms with Crippen molar-refractivity contribution in [1.82, 2.24) is 20.1 Å². The minimum atomic E-state index is 0.0308. The van der Waals surface area contributed by atoms with Crippen molar-refractivity contribution in [2.75, 3.05) is 18.4 Å². The number of carbonyl (C=O) groups is 1. The Labute approximate surface area is 146 Å². The van der Waals surface area contributed by atoms with Gasteiger partial charge in [-0.1, -0.05) is 6.07 Å². The maximum atomic E-state index is 12.3. The summed E-state index contributed by atoms with van der Waals surface area (Å²) in [6.45, 7) is 1.74. The van der Waals surface area contributed by atoms with Gasteiger partial charge in [0.05, 0.1) is 11.4 Å². The molecule has 1 aliphatic rings. The lowest BCUT2D eigenvalue weighted by molar-refractivity contribution is -0.120. The van der Waals surface area contributed by atoms with Crippen molar-refractivity contribution in [2.45, 2.75) is 12.8 Å². The zero-order valence-corrected chi connectivity index (χ0v) is 14.2. The van der Waals surface area contributed by atoms with Crippen LogP contribution in [-0.2, 0) is 11.8 Å². The Balaban J connectivity index is 1.49. The fraction of sp³-hybridized carbons (Fsp3) is 0.316. The van der Waals surface area contributed by atoms with Gasteiger partial charge in [0.1, 0.15) is 5.82 Å². The summed E-state index contributed by atoms with van der Waals surface area (Å²) in [4.78, 5) is 16.7. The van der Waals surface area contributed by atoms with Crippen molar-refractivity contribution in [3.8, 4) is 11.1 Å². The van der Waals surface area contributed by atoms with Crippen molar-refractivity contribution >= 4 is 22.6 Å². The van der Waals surface area contributed by atoms with Crippen LogP contribution in [0.2, 0.25) is 0 Å². The number of aryl methyl sites for hydroxylation is 1. The van der Waals surface area contributed by atoms with Gasteiger partial charge in [-0.3, -0.25) is 9.48 Å². The third kappa shape index (κ3) is 3.39. The monoisotopic (exact) mass is 335 g/mol. The fourth-order valence-corrected chi connectivity index (χ4v) is 3.27. The number of aromatic nitrogens is 3. The summed E-state index contributed by atoms with van der Waals surface area (Å²) in [5.41, 5.74) is 3.08. The van der Waals surface area contributed by atoms with Crippen molar-refractivity contribution in [3.05, 3.63) is 42.7 Å². The van der Waals surface area contributed by atoms with E-state index in [0.29, 0.717) is 5.82 Å². The number of hydrogen-bond donors (Lipinski definition) is 2. The number of anilines is 1. The van der Waals surface area contributed by atoms with Gasteiger partial charge in [0.15, 0.2) is 0 Å². The lowest BCUT2D eigenvalue weighted by Crippen LogP contribution is -2.37. The molecule has 6 nitrogen and oxygen atoms in total. The van der Waals surface area contributed by atoms with E-state index in [-0.39, 0.29) is 11.8 Å². The van der Waals surface area contributed by atoms with Crippen LogP contribution in [0.1, 0.15) is 12.8 Å². The molecule has 2 N–H and O–H groups in total. The maximum Gasteiger partial charge on any atom is 0.229 e. The molecule has 1 aliphatic heterocycles. The summed E-state index contributed by atoms with van der Waals surface area (Å²) in [5.74, 6) is 0.675. The maximum absolute atomic E-state index is 12.3. The van der Waals surface area contributed by atoms with Gasteiger partial charge in [-0.25, -0.2) is 4.98 Å². The normalized spacial score (nSPS) is 17.6. The van der Waals surface area contributed by atoms with E-state index in [1.807, 2.05) is 42.2 Å². The molecule has 1 atom stereocenters. The Bertz CT molecular complexity index is 894. The quantitative estimate of drug-likeness (QED) is 0.772. The Morgan fingerprint density at radius 2 is 2.16 bits per heavy atom. The van der Waals surface area contributed by atoms with Crippen LogP contribution in [0.4, 0.5) is 5.82 Å². The third-order valence-electron chi connectivity index (χ3n) is 4.63. The molecule has 1 amide bonds. The van der Waals surface area contributed by atoms with Gasteiger partial charge in [-0.2, -0.15) is 5.10 Å². The SMILES string of the molecule is Cn1cc2cc(-c3ccc(NC(=O)C4CCCNC4)nc3)ccc2n1. The van der Waals surface area contributed by atoms with Crippen LogP contribution < -0.4 is 10.6 Å². The van der Waals surface area contributed by atoms with Gasteiger partial charge >= 0.3 is 0 Å². The molecule has 128 valence electrons. The van der Waals surface area contributed by atoms with Crippen molar-refractivity contribution in [2.24, 2.45) is 13.0 Å². The second-order valence-corrected chi connectivity index (χ2v) is 6.54. The Morgan fingerprint density at radius 3 is 2.92 bits per heavy atom. The van der Waals surface area contributed by atoms with Gasteiger partial charge in [0, 0.05) is 36.9 Å². The van der Waals surface area contributed by atoms with Crippen molar-refractivity contribution in [1.29, 1.82) is 0 Å². The number of amides is 1. The van der Waals surface area contributed by atoms with Gasteiger partial charge < -0.3 is 10.6 Å². The van der Waals surface area contributed by atoms with Crippen LogP contribution in [0.5, 0.6) is 0 Å². The van der Waals surface area contributed by atoms with E-state index in [1.54, 1.807) is 6.20 Å². The van der Waals surface area contributed by atoms with E-state index in [9.17, 15) is 4.79 Å². The zero-order valence-electron chi connectivity index (χ0n) is 14.2. The van der Waals surface area contributed by atoms with Gasteiger partial charge in [0.25, 0.3) is 0 Å². The molecule has 0 spiro atoms. The predicted octanol–water partition coefficient (Wildman–Crippen LogP) is 2.57. The molecular formula is C19H21N5O. The number of nitrogens with one attached hydrogen (secondary N) is 2. The molecule has 1 aromatic carbocycles. The second-order valence-electron chi connectivity index (χ2n) is 6.54. The van der Waals surface area contributed by atoms with Crippen LogP contribution in [0.25, 0.3) is 22.0 Å². The summed E-state index contributed by atoms with van der Waals surface area (Å²) >= 11 is 0. The first-order valence-corrected chi connectivity index (χ1v) is 8.60. The molecular weight excluding hydrogens is 314 g/mol. The number of benzene rings is 1. The summed E-state index contributed by atoms with van der Waals surface area (Å²) in [6.07, 6.45) is 5.77. The number of nitrogens with zero attached hydrogens (tertiary/aromatic N) is 3. The summed E-state index contributed by atoms with van der Waals surface area (Å²) in [7, 11) is 1.92. The van der Waals surface area contributed by atoms with Gasteiger partial charge in [0.2, 0.25) is 5.91 Å². The van der Waals surface area contributed by atoms with E-state index in [4.69, 9.17) is 0 Å². The van der Waals surface area contributed by atoms with E-state index in [1.165, 1.54) is 0 Å². The number of rotatable bonds is 3. The van der Waals surface area contributed by atoms with Gasteiger partial charge in [-0.15, -0.1) is 0 Å². The van der Waals surface area contributed by atoms with Crippen molar-refractivity contribution < 1.29 is 4.79 Å². The second kappa shape index (κ2) is 6.64. The minimum absolute atomic E-state index is 0.0308. The van der Waals surface area contributed by atoms with E-state index in [0.717, 1.165) is 48.0 Å². The van der Waals surface area contributed by atoms with Crippen molar-refractivity contribution in [3.63, 3.8) is 0 Å². The number of pyridine rings is 1. The number of fused-ring (bicyclic) bond motifs is 1. The van der Waals surface area contributed by atoms with E-state index < -0.39 is 0 Å². The predicted molar refractivity (Wildman–Crippen MR) is 98.2 cm³/mol. The third-order valence-corrected chi connectivity index (χ3v) is 4.63. The number of carbonyl (C=O) groups excluding carboxylic acids is 1. The molecule has 3 heterocycles. The average molecular weight is 335 g/mol. The summed E-state index contributed by atoms with van der Waals surface area (Å²) < 4.78 is 1.81. The molecule has 6 heteroatoms. The molecule has 0 aliphatic carbocycles. The lowest BCUT2D eigenvalue weighted by atomic mass is 9.99. The van der Waals surface area contributed by atoms with Crippen LogP contribution in [0.3, 0.4) is 0 Å². The number of hydrogen-bond acceptors (Lipinski definition) is 4. The zero-order chi connectivity index (χ0) is 17.2. The highest BCUT2D eigenvalue weighted by Crippen LogP contribution is 2.24.